The molecule has 1 aromatic rings. The molecule has 0 radical (unpaired) electrons. The molecule has 7 nitrogen and oxygen atoms in total. The summed E-state index contributed by atoms with van der Waals surface area (Å²) >= 11 is 0. The van der Waals surface area contributed by atoms with Gasteiger partial charge in [-0.3, -0.25) is 14.9 Å². The number of nitro benzene ring substituents is 1. The first kappa shape index (κ1) is 14.9. The third kappa shape index (κ3) is 3.92. The predicted molar refractivity (Wildman–Crippen MR) is 69.4 cm³/mol. The van der Waals surface area contributed by atoms with E-state index in [-0.39, 0.29) is 11.4 Å². The normalized spacial score (nSPS) is 11.7. The van der Waals surface area contributed by atoms with Gasteiger partial charge in [-0.25, -0.2) is 0 Å². The van der Waals surface area contributed by atoms with Crippen molar-refractivity contribution in [3.8, 4) is 5.75 Å². The predicted octanol–water partition coefficient (Wildman–Crippen LogP) is 1.97. The number of ether oxygens (including phenoxy) is 2. The minimum absolute atomic E-state index is 0.113. The minimum Gasteiger partial charge on any atom is -0.494 e. The third-order valence-corrected chi connectivity index (χ3v) is 2.46. The van der Waals surface area contributed by atoms with E-state index in [4.69, 9.17) is 9.47 Å². The maximum atomic E-state index is 11.6. The van der Waals surface area contributed by atoms with Gasteiger partial charge in [0.2, 0.25) is 0 Å². The number of benzene rings is 1. The molecule has 0 spiro atoms. The van der Waals surface area contributed by atoms with Crippen LogP contribution in [0, 0.1) is 10.1 Å². The number of hydrogen-bond donors (Lipinski definition) is 1. The zero-order valence-corrected chi connectivity index (χ0v) is 11.0. The summed E-state index contributed by atoms with van der Waals surface area (Å²) in [6, 6.07) is 4.27. The van der Waals surface area contributed by atoms with Crippen molar-refractivity contribution in [3.05, 3.63) is 28.3 Å². The van der Waals surface area contributed by atoms with Gasteiger partial charge in [0, 0.05) is 7.11 Å². The molecule has 1 unspecified atom stereocenters. The first-order chi connectivity index (χ1) is 8.99. The second-order valence-corrected chi connectivity index (χ2v) is 3.74. The molecule has 0 aromatic heterocycles. The molecule has 1 rings (SSSR count). The Balaban J connectivity index is 3.00. The Hall–Kier alpha value is -2.15. The lowest BCUT2D eigenvalue weighted by Crippen LogP contribution is -2.26. The fraction of sp³-hybridized carbons (Fsp3) is 0.417. The molecule has 1 atom stereocenters. The molecule has 0 fully saturated rings. The van der Waals surface area contributed by atoms with Gasteiger partial charge in [-0.05, 0) is 26.0 Å². The van der Waals surface area contributed by atoms with Gasteiger partial charge in [0.25, 0.3) is 11.6 Å². The van der Waals surface area contributed by atoms with Gasteiger partial charge in [-0.15, -0.1) is 0 Å². The second kappa shape index (κ2) is 6.69. The van der Waals surface area contributed by atoms with Crippen molar-refractivity contribution in [2.45, 2.75) is 20.0 Å². The van der Waals surface area contributed by atoms with Crippen LogP contribution in [0.25, 0.3) is 0 Å². The van der Waals surface area contributed by atoms with Crippen molar-refractivity contribution < 1.29 is 19.2 Å². The molecule has 0 aliphatic heterocycles. The topological polar surface area (TPSA) is 90.7 Å². The van der Waals surface area contributed by atoms with Crippen molar-refractivity contribution in [2.24, 2.45) is 0 Å². The molecule has 19 heavy (non-hydrogen) atoms. The van der Waals surface area contributed by atoms with Crippen molar-refractivity contribution >= 4 is 17.3 Å². The highest BCUT2D eigenvalue weighted by Crippen LogP contribution is 2.29. The average molecular weight is 268 g/mol. The summed E-state index contributed by atoms with van der Waals surface area (Å²) in [5.74, 6) is -0.0678. The van der Waals surface area contributed by atoms with Gasteiger partial charge in [0.1, 0.15) is 17.5 Å². The first-order valence-corrected chi connectivity index (χ1v) is 5.74. The van der Waals surface area contributed by atoms with Gasteiger partial charge >= 0.3 is 0 Å². The van der Waals surface area contributed by atoms with Crippen LogP contribution >= 0.6 is 0 Å². The van der Waals surface area contributed by atoms with Gasteiger partial charge in [-0.2, -0.15) is 0 Å². The van der Waals surface area contributed by atoms with E-state index in [9.17, 15) is 14.9 Å². The number of nitrogens with one attached hydrogen (secondary N) is 1. The average Bonchev–Trinajstić information content (AvgIpc) is 2.39. The lowest BCUT2D eigenvalue weighted by Gasteiger charge is -2.11. The van der Waals surface area contributed by atoms with Crippen molar-refractivity contribution in [1.82, 2.24) is 0 Å². The third-order valence-electron chi connectivity index (χ3n) is 2.46. The fourth-order valence-electron chi connectivity index (χ4n) is 1.37. The minimum atomic E-state index is -0.689. The number of carbonyl (C=O) groups is 1. The largest absolute Gasteiger partial charge is 0.494 e. The maximum absolute atomic E-state index is 11.6. The molecule has 1 amide bonds. The van der Waals surface area contributed by atoms with Crippen LogP contribution in [0.3, 0.4) is 0 Å². The van der Waals surface area contributed by atoms with E-state index in [0.29, 0.717) is 12.4 Å². The number of methoxy groups -OCH3 is 1. The molecule has 0 bridgehead atoms. The monoisotopic (exact) mass is 268 g/mol. The summed E-state index contributed by atoms with van der Waals surface area (Å²) in [5, 5.41) is 13.4. The Labute approximate surface area is 110 Å². The Morgan fingerprint density at radius 3 is 2.74 bits per heavy atom. The summed E-state index contributed by atoms with van der Waals surface area (Å²) in [6.07, 6.45) is -0.689. The lowest BCUT2D eigenvalue weighted by molar-refractivity contribution is -0.384. The number of amides is 1. The Kier molecular flexibility index (Phi) is 5.25. The molecule has 0 saturated carbocycles. The number of carbonyl (C=O) groups excluding carboxylic acids is 1. The zero-order valence-electron chi connectivity index (χ0n) is 11.0. The maximum Gasteiger partial charge on any atom is 0.296 e. The highest BCUT2D eigenvalue weighted by Gasteiger charge is 2.19. The lowest BCUT2D eigenvalue weighted by atomic mass is 10.2. The fourth-order valence-corrected chi connectivity index (χ4v) is 1.37. The Morgan fingerprint density at radius 1 is 1.53 bits per heavy atom. The van der Waals surface area contributed by atoms with E-state index in [1.165, 1.54) is 19.2 Å². The first-order valence-electron chi connectivity index (χ1n) is 5.74. The molecule has 0 aliphatic carbocycles. The van der Waals surface area contributed by atoms with Gasteiger partial charge in [-0.1, -0.05) is 0 Å². The van der Waals surface area contributed by atoms with Gasteiger partial charge in [0.05, 0.1) is 17.6 Å². The molecule has 0 saturated heterocycles. The van der Waals surface area contributed by atoms with Crippen LogP contribution in [0.2, 0.25) is 0 Å². The van der Waals surface area contributed by atoms with Crippen LogP contribution < -0.4 is 10.1 Å². The van der Waals surface area contributed by atoms with Crippen LogP contribution in [-0.4, -0.2) is 30.7 Å². The SMILES string of the molecule is CCOc1ccc(NC(=O)C(C)OC)c([N+](=O)[O-])c1. The molecule has 7 heteroatoms. The number of hydrogen-bond acceptors (Lipinski definition) is 5. The molecular formula is C12H16N2O5. The van der Waals surface area contributed by atoms with Crippen LogP contribution in [0.4, 0.5) is 11.4 Å². The highest BCUT2D eigenvalue weighted by molar-refractivity contribution is 5.96. The van der Waals surface area contributed by atoms with Crippen molar-refractivity contribution in [2.75, 3.05) is 19.0 Å². The van der Waals surface area contributed by atoms with Crippen LogP contribution in [0.5, 0.6) is 5.75 Å². The molecule has 104 valence electrons. The zero-order chi connectivity index (χ0) is 14.4. The quantitative estimate of drug-likeness (QED) is 0.629. The summed E-state index contributed by atoms with van der Waals surface area (Å²) in [5.41, 5.74) is -0.107. The van der Waals surface area contributed by atoms with Crippen molar-refractivity contribution in [1.29, 1.82) is 0 Å². The van der Waals surface area contributed by atoms with Crippen LogP contribution in [0.1, 0.15) is 13.8 Å². The molecular weight excluding hydrogens is 252 g/mol. The summed E-state index contributed by atoms with van der Waals surface area (Å²) in [4.78, 5) is 22.0. The molecule has 0 aliphatic rings. The summed E-state index contributed by atoms with van der Waals surface area (Å²) in [6.45, 7) is 3.74. The second-order valence-electron chi connectivity index (χ2n) is 3.74. The number of anilines is 1. The Bertz CT molecular complexity index is 475. The van der Waals surface area contributed by atoms with E-state index >= 15 is 0 Å². The molecule has 1 N–H and O–H groups in total. The van der Waals surface area contributed by atoms with E-state index in [2.05, 4.69) is 5.32 Å². The highest BCUT2D eigenvalue weighted by atomic mass is 16.6. The Morgan fingerprint density at radius 2 is 2.21 bits per heavy atom. The molecule has 1 aromatic carbocycles. The van der Waals surface area contributed by atoms with E-state index in [1.54, 1.807) is 19.9 Å². The number of nitro groups is 1. The van der Waals surface area contributed by atoms with E-state index in [1.807, 2.05) is 0 Å². The van der Waals surface area contributed by atoms with Gasteiger partial charge < -0.3 is 14.8 Å². The van der Waals surface area contributed by atoms with Crippen LogP contribution in [0.15, 0.2) is 18.2 Å². The molecule has 0 heterocycles. The van der Waals surface area contributed by atoms with E-state index in [0.717, 1.165) is 0 Å². The summed E-state index contributed by atoms with van der Waals surface area (Å²) in [7, 11) is 1.39. The van der Waals surface area contributed by atoms with Crippen LogP contribution in [-0.2, 0) is 9.53 Å². The van der Waals surface area contributed by atoms with Crippen molar-refractivity contribution in [3.63, 3.8) is 0 Å². The summed E-state index contributed by atoms with van der Waals surface area (Å²) < 4.78 is 10.0. The number of nitrogens with zero attached hydrogens (tertiary/aromatic N) is 1. The van der Waals surface area contributed by atoms with E-state index < -0.39 is 16.9 Å². The van der Waals surface area contributed by atoms with Gasteiger partial charge in [0.15, 0.2) is 0 Å². The standard InChI is InChI=1S/C12H16N2O5/c1-4-19-9-5-6-10(11(7-9)14(16)17)13-12(15)8(2)18-3/h5-8H,4H2,1-3H3,(H,13,15). The number of rotatable bonds is 6. The smallest absolute Gasteiger partial charge is 0.296 e.